The van der Waals surface area contributed by atoms with Crippen LogP contribution in [0.5, 0.6) is 0 Å². The van der Waals surface area contributed by atoms with Crippen LogP contribution < -0.4 is 0 Å². The molecule has 0 fully saturated rings. The molecule has 0 radical (unpaired) electrons. The molecule has 0 aromatic rings. The van der Waals surface area contributed by atoms with Crippen molar-refractivity contribution in [1.82, 2.24) is 0 Å². The molecule has 3 heteroatoms. The highest BCUT2D eigenvalue weighted by Gasteiger charge is 2.23. The van der Waals surface area contributed by atoms with Gasteiger partial charge in [0.25, 0.3) is 0 Å². The van der Waals surface area contributed by atoms with Crippen molar-refractivity contribution in [1.29, 1.82) is 0 Å². The van der Waals surface area contributed by atoms with Gasteiger partial charge in [-0.2, -0.15) is 0 Å². The van der Waals surface area contributed by atoms with Crippen molar-refractivity contribution in [3.05, 3.63) is 12.4 Å². The van der Waals surface area contributed by atoms with Gasteiger partial charge >= 0.3 is 0 Å². The highest BCUT2D eigenvalue weighted by atomic mass is 31.2. The topological polar surface area (TPSA) is 26.3 Å². The second-order valence-corrected chi connectivity index (χ2v) is 6.06. The van der Waals surface area contributed by atoms with Crippen LogP contribution in [0.15, 0.2) is 12.4 Å². The Hall–Kier alpha value is -0.0700. The molecule has 1 unspecified atom stereocenters. The number of rotatable bonds is 3. The predicted molar refractivity (Wildman–Crippen MR) is 49.2 cm³/mol. The van der Waals surface area contributed by atoms with Crippen LogP contribution in [0, 0.1) is 0 Å². The standard InChI is InChI=1S/C8H17O2P/c1-6-11(9,7-2)10-8(3,4)5/h6H,1,7H2,2-5H3. The summed E-state index contributed by atoms with van der Waals surface area (Å²) in [6.45, 7) is 11.0. The number of hydrogen-bond acceptors (Lipinski definition) is 2. The van der Waals surface area contributed by atoms with Crippen molar-refractivity contribution < 1.29 is 9.09 Å². The Morgan fingerprint density at radius 2 is 2.00 bits per heavy atom. The lowest BCUT2D eigenvalue weighted by atomic mass is 10.2. The fourth-order valence-electron chi connectivity index (χ4n) is 0.694. The summed E-state index contributed by atoms with van der Waals surface area (Å²) < 4.78 is 17.0. The Morgan fingerprint density at radius 3 is 2.09 bits per heavy atom. The minimum atomic E-state index is -2.54. The van der Waals surface area contributed by atoms with Gasteiger partial charge in [-0.3, -0.25) is 4.57 Å². The molecule has 11 heavy (non-hydrogen) atoms. The SMILES string of the molecule is C=CP(=O)(CC)OC(C)(C)C. The van der Waals surface area contributed by atoms with Gasteiger partial charge in [-0.15, -0.1) is 0 Å². The molecule has 0 bridgehead atoms. The van der Waals surface area contributed by atoms with Gasteiger partial charge < -0.3 is 4.52 Å². The van der Waals surface area contributed by atoms with Crippen molar-refractivity contribution >= 4 is 7.37 Å². The molecule has 0 aliphatic carbocycles. The maximum atomic E-state index is 11.6. The third-order valence-electron chi connectivity index (χ3n) is 1.15. The van der Waals surface area contributed by atoms with Crippen LogP contribution in [-0.2, 0) is 9.09 Å². The Bertz CT molecular complexity index is 179. The summed E-state index contributed by atoms with van der Waals surface area (Å²) in [4.78, 5) is 0. The molecule has 2 nitrogen and oxygen atoms in total. The second-order valence-electron chi connectivity index (χ2n) is 3.43. The fourth-order valence-corrected chi connectivity index (χ4v) is 2.08. The summed E-state index contributed by atoms with van der Waals surface area (Å²) in [5, 5.41) is 0. The van der Waals surface area contributed by atoms with Crippen molar-refractivity contribution in [2.45, 2.75) is 33.3 Å². The maximum absolute atomic E-state index is 11.6. The van der Waals surface area contributed by atoms with Crippen molar-refractivity contribution in [2.75, 3.05) is 6.16 Å². The van der Waals surface area contributed by atoms with Crippen LogP contribution in [0.4, 0.5) is 0 Å². The molecule has 0 aliphatic rings. The molecular weight excluding hydrogens is 159 g/mol. The average molecular weight is 176 g/mol. The molecule has 0 saturated heterocycles. The van der Waals surface area contributed by atoms with Gasteiger partial charge in [0.1, 0.15) is 0 Å². The van der Waals surface area contributed by atoms with Crippen LogP contribution in [0.25, 0.3) is 0 Å². The highest BCUT2D eigenvalue weighted by Crippen LogP contribution is 2.50. The zero-order valence-corrected chi connectivity index (χ0v) is 8.65. The van der Waals surface area contributed by atoms with Gasteiger partial charge in [0, 0.05) is 6.16 Å². The second kappa shape index (κ2) is 3.55. The first-order valence-electron chi connectivity index (χ1n) is 3.76. The fraction of sp³-hybridized carbons (Fsp3) is 0.750. The quantitative estimate of drug-likeness (QED) is 0.617. The van der Waals surface area contributed by atoms with Gasteiger partial charge in [0.05, 0.1) is 5.60 Å². The molecular formula is C8H17O2P. The molecule has 0 aromatic heterocycles. The average Bonchev–Trinajstić information content (AvgIpc) is 1.84. The third-order valence-corrected chi connectivity index (χ3v) is 3.44. The van der Waals surface area contributed by atoms with E-state index >= 15 is 0 Å². The first-order valence-corrected chi connectivity index (χ1v) is 5.64. The van der Waals surface area contributed by atoms with Crippen molar-refractivity contribution in [3.8, 4) is 0 Å². The molecule has 66 valence electrons. The molecule has 0 aliphatic heterocycles. The first-order chi connectivity index (χ1) is 4.83. The van der Waals surface area contributed by atoms with E-state index < -0.39 is 7.37 Å². The summed E-state index contributed by atoms with van der Waals surface area (Å²) in [6, 6.07) is 0. The van der Waals surface area contributed by atoms with E-state index in [1.165, 1.54) is 5.82 Å². The van der Waals surface area contributed by atoms with E-state index in [0.717, 1.165) is 0 Å². The zero-order chi connectivity index (χ0) is 9.12. The molecule has 0 amide bonds. The molecule has 0 saturated carbocycles. The third kappa shape index (κ3) is 4.39. The lowest BCUT2D eigenvalue weighted by Crippen LogP contribution is -2.17. The van der Waals surface area contributed by atoms with E-state index in [1.807, 2.05) is 27.7 Å². The van der Waals surface area contributed by atoms with E-state index in [4.69, 9.17) is 4.52 Å². The van der Waals surface area contributed by atoms with Crippen LogP contribution in [0.3, 0.4) is 0 Å². The minimum absolute atomic E-state index is 0.347. The Balaban J connectivity index is 4.33. The highest BCUT2D eigenvalue weighted by molar-refractivity contribution is 7.62. The predicted octanol–water partition coefficient (Wildman–Crippen LogP) is 3.24. The zero-order valence-electron chi connectivity index (χ0n) is 7.76. The normalized spacial score (nSPS) is 17.5. The van der Waals surface area contributed by atoms with Crippen LogP contribution in [-0.4, -0.2) is 11.8 Å². The van der Waals surface area contributed by atoms with E-state index in [2.05, 4.69) is 6.58 Å². The molecule has 0 spiro atoms. The molecule has 1 atom stereocenters. The Morgan fingerprint density at radius 1 is 1.55 bits per heavy atom. The summed E-state index contributed by atoms with van der Waals surface area (Å²) in [5.74, 6) is 1.43. The largest absolute Gasteiger partial charge is 0.320 e. The van der Waals surface area contributed by atoms with Crippen LogP contribution >= 0.6 is 7.37 Å². The first kappa shape index (κ1) is 10.9. The van der Waals surface area contributed by atoms with E-state index in [0.29, 0.717) is 6.16 Å². The Labute approximate surface area is 69.1 Å². The van der Waals surface area contributed by atoms with Crippen molar-refractivity contribution in [3.63, 3.8) is 0 Å². The molecule has 0 aromatic carbocycles. The van der Waals surface area contributed by atoms with Crippen LogP contribution in [0.1, 0.15) is 27.7 Å². The number of hydrogen-bond donors (Lipinski definition) is 0. The van der Waals surface area contributed by atoms with Gasteiger partial charge in [0.2, 0.25) is 7.37 Å². The lowest BCUT2D eigenvalue weighted by molar-refractivity contribution is 0.138. The van der Waals surface area contributed by atoms with E-state index in [9.17, 15) is 4.57 Å². The summed E-state index contributed by atoms with van der Waals surface area (Å²) in [5.41, 5.74) is -0.347. The van der Waals surface area contributed by atoms with Gasteiger partial charge in [-0.05, 0) is 26.6 Å². The molecule has 0 N–H and O–H groups in total. The Kier molecular flexibility index (Phi) is 3.53. The van der Waals surface area contributed by atoms with Crippen LogP contribution in [0.2, 0.25) is 0 Å². The molecule has 0 heterocycles. The van der Waals surface area contributed by atoms with Gasteiger partial charge in [-0.1, -0.05) is 13.5 Å². The lowest BCUT2D eigenvalue weighted by Gasteiger charge is -2.24. The van der Waals surface area contributed by atoms with Crippen molar-refractivity contribution in [2.24, 2.45) is 0 Å². The summed E-state index contributed by atoms with van der Waals surface area (Å²) >= 11 is 0. The van der Waals surface area contributed by atoms with E-state index in [1.54, 1.807) is 0 Å². The van der Waals surface area contributed by atoms with E-state index in [-0.39, 0.29) is 5.60 Å². The van der Waals surface area contributed by atoms with Gasteiger partial charge in [0.15, 0.2) is 0 Å². The minimum Gasteiger partial charge on any atom is -0.320 e. The smallest absolute Gasteiger partial charge is 0.224 e. The monoisotopic (exact) mass is 176 g/mol. The maximum Gasteiger partial charge on any atom is 0.224 e. The summed E-state index contributed by atoms with van der Waals surface area (Å²) in [7, 11) is -2.54. The van der Waals surface area contributed by atoms with Gasteiger partial charge in [-0.25, -0.2) is 0 Å². The molecule has 0 rings (SSSR count). The summed E-state index contributed by atoms with van der Waals surface area (Å²) in [6.07, 6.45) is 0.522.